The first-order valence-electron chi connectivity index (χ1n) is 4.53. The Hall–Kier alpha value is -0.797. The Kier molecular flexibility index (Phi) is 3.22. The standard InChI is InChI=1S/C12H10GeS/c14-13(11-7-3-1-4-8-11)12-9-5-2-6-10-12/h1-10H. The van der Waals surface area contributed by atoms with Crippen LogP contribution in [0.15, 0.2) is 60.7 Å². The Labute approximate surface area is 92.5 Å². The van der Waals surface area contributed by atoms with Crippen molar-refractivity contribution in [1.82, 2.24) is 0 Å². The molecule has 0 aliphatic rings. The molecule has 0 aliphatic carbocycles. The van der Waals surface area contributed by atoms with Gasteiger partial charge in [-0.3, -0.25) is 0 Å². The zero-order valence-corrected chi connectivity index (χ0v) is 10.6. The molecule has 68 valence electrons. The summed E-state index contributed by atoms with van der Waals surface area (Å²) in [5.41, 5.74) is 0. The SMILES string of the molecule is [S]=[Ge]([c]1ccccc1)[c]1ccccc1. The predicted octanol–water partition coefficient (Wildman–Crippen LogP) is 1.99. The molecule has 0 saturated carbocycles. The molecule has 0 N–H and O–H groups in total. The van der Waals surface area contributed by atoms with Crippen molar-refractivity contribution >= 4 is 31.9 Å². The van der Waals surface area contributed by atoms with E-state index in [4.69, 9.17) is 10.5 Å². The Balaban J connectivity index is 2.35. The van der Waals surface area contributed by atoms with Crippen molar-refractivity contribution in [1.29, 1.82) is 0 Å². The number of benzene rings is 2. The molecule has 0 unspecified atom stereocenters. The minimum absolute atomic E-state index is 1.36. The van der Waals surface area contributed by atoms with Crippen LogP contribution in [0.2, 0.25) is 0 Å². The van der Waals surface area contributed by atoms with Gasteiger partial charge in [-0.25, -0.2) is 0 Å². The molecular weight excluding hydrogens is 249 g/mol. The summed E-state index contributed by atoms with van der Waals surface area (Å²) < 4.78 is 2.71. The second-order valence-corrected chi connectivity index (χ2v) is 8.99. The first-order chi connectivity index (χ1) is 6.88. The maximum atomic E-state index is 5.64. The third-order valence-corrected chi connectivity index (χ3v) is 8.12. The van der Waals surface area contributed by atoms with Crippen LogP contribution in [0.4, 0.5) is 0 Å². The van der Waals surface area contributed by atoms with E-state index in [0.29, 0.717) is 0 Å². The molecule has 0 atom stereocenters. The average molecular weight is 259 g/mol. The van der Waals surface area contributed by atoms with Gasteiger partial charge in [-0.15, -0.1) is 0 Å². The van der Waals surface area contributed by atoms with Crippen LogP contribution in [-0.2, 0) is 0 Å². The number of hydrogen-bond donors (Lipinski definition) is 0. The van der Waals surface area contributed by atoms with E-state index in [-0.39, 0.29) is 0 Å². The van der Waals surface area contributed by atoms with Gasteiger partial charge in [-0.1, -0.05) is 0 Å². The first kappa shape index (κ1) is 9.75. The van der Waals surface area contributed by atoms with Crippen LogP contribution in [0, 0.1) is 0 Å². The Bertz CT molecular complexity index is 381. The van der Waals surface area contributed by atoms with Crippen molar-refractivity contribution in [3.05, 3.63) is 60.7 Å². The molecule has 2 heteroatoms. The van der Waals surface area contributed by atoms with Gasteiger partial charge in [0.1, 0.15) is 0 Å². The van der Waals surface area contributed by atoms with Crippen molar-refractivity contribution in [3.8, 4) is 0 Å². The molecule has 0 bridgehead atoms. The topological polar surface area (TPSA) is 0 Å². The van der Waals surface area contributed by atoms with Crippen molar-refractivity contribution in [2.75, 3.05) is 0 Å². The summed E-state index contributed by atoms with van der Waals surface area (Å²) >= 11 is -1.62. The Morgan fingerprint density at radius 2 is 1.00 bits per heavy atom. The zero-order valence-electron chi connectivity index (χ0n) is 7.68. The van der Waals surface area contributed by atoms with Gasteiger partial charge in [0.15, 0.2) is 0 Å². The van der Waals surface area contributed by atoms with Gasteiger partial charge < -0.3 is 0 Å². The fraction of sp³-hybridized carbons (Fsp3) is 0. The molecule has 2 aromatic rings. The van der Waals surface area contributed by atoms with E-state index in [0.717, 1.165) is 0 Å². The van der Waals surface area contributed by atoms with Crippen LogP contribution in [-0.4, -0.2) is 12.7 Å². The van der Waals surface area contributed by atoms with Gasteiger partial charge in [0, 0.05) is 0 Å². The van der Waals surface area contributed by atoms with Crippen LogP contribution in [0.25, 0.3) is 0 Å². The molecule has 14 heavy (non-hydrogen) atoms. The molecule has 0 heterocycles. The molecule has 0 saturated heterocycles. The van der Waals surface area contributed by atoms with Crippen molar-refractivity contribution in [2.24, 2.45) is 0 Å². The summed E-state index contributed by atoms with van der Waals surface area (Å²) in [5.74, 6) is 0. The second-order valence-electron chi connectivity index (χ2n) is 3.06. The Morgan fingerprint density at radius 3 is 1.36 bits per heavy atom. The quantitative estimate of drug-likeness (QED) is 0.743. The molecule has 0 amide bonds. The van der Waals surface area contributed by atoms with Gasteiger partial charge in [0.25, 0.3) is 0 Å². The van der Waals surface area contributed by atoms with Crippen LogP contribution in [0.5, 0.6) is 0 Å². The van der Waals surface area contributed by atoms with Gasteiger partial charge >= 0.3 is 92.6 Å². The van der Waals surface area contributed by atoms with E-state index in [1.54, 1.807) is 0 Å². The van der Waals surface area contributed by atoms with Crippen LogP contribution < -0.4 is 8.79 Å². The summed E-state index contributed by atoms with van der Waals surface area (Å²) in [5, 5.41) is 0. The maximum absolute atomic E-state index is 5.64. The van der Waals surface area contributed by atoms with E-state index in [9.17, 15) is 0 Å². The van der Waals surface area contributed by atoms with Gasteiger partial charge in [-0.2, -0.15) is 0 Å². The molecule has 2 rings (SSSR count). The minimum atomic E-state index is -1.62. The summed E-state index contributed by atoms with van der Waals surface area (Å²) in [7, 11) is 5.64. The van der Waals surface area contributed by atoms with Gasteiger partial charge in [0.05, 0.1) is 0 Å². The third-order valence-electron chi connectivity index (χ3n) is 2.07. The van der Waals surface area contributed by atoms with Gasteiger partial charge in [-0.05, 0) is 0 Å². The predicted molar refractivity (Wildman–Crippen MR) is 65.5 cm³/mol. The van der Waals surface area contributed by atoms with E-state index >= 15 is 0 Å². The zero-order chi connectivity index (χ0) is 9.80. The third kappa shape index (κ3) is 2.17. The summed E-state index contributed by atoms with van der Waals surface area (Å²) in [4.78, 5) is 0. The van der Waals surface area contributed by atoms with Crippen LogP contribution in [0.1, 0.15) is 0 Å². The van der Waals surface area contributed by atoms with Crippen LogP contribution >= 0.6 is 10.5 Å². The van der Waals surface area contributed by atoms with E-state index < -0.39 is 12.7 Å². The molecule has 0 nitrogen and oxygen atoms in total. The number of hydrogen-bond acceptors (Lipinski definition) is 1. The van der Waals surface area contributed by atoms with Crippen molar-refractivity contribution in [3.63, 3.8) is 0 Å². The first-order valence-corrected chi connectivity index (χ1v) is 9.60. The molecule has 0 spiro atoms. The van der Waals surface area contributed by atoms with Crippen molar-refractivity contribution in [2.45, 2.75) is 0 Å². The van der Waals surface area contributed by atoms with E-state index in [2.05, 4.69) is 48.5 Å². The molecule has 0 fully saturated rings. The molecule has 0 radical (unpaired) electrons. The summed E-state index contributed by atoms with van der Waals surface area (Å²) in [6.07, 6.45) is 0. The Morgan fingerprint density at radius 1 is 0.643 bits per heavy atom. The normalized spacial score (nSPS) is 9.71. The van der Waals surface area contributed by atoms with Crippen molar-refractivity contribution < 1.29 is 0 Å². The van der Waals surface area contributed by atoms with Crippen LogP contribution in [0.3, 0.4) is 0 Å². The fourth-order valence-corrected chi connectivity index (χ4v) is 5.54. The second kappa shape index (κ2) is 4.62. The van der Waals surface area contributed by atoms with E-state index in [1.807, 2.05) is 12.1 Å². The average Bonchev–Trinajstić information content (AvgIpc) is 2.30. The van der Waals surface area contributed by atoms with E-state index in [1.165, 1.54) is 8.79 Å². The fourth-order valence-electron chi connectivity index (χ4n) is 1.35. The summed E-state index contributed by atoms with van der Waals surface area (Å²) in [6.45, 7) is 0. The molecule has 0 aromatic heterocycles. The van der Waals surface area contributed by atoms with Gasteiger partial charge in [0.2, 0.25) is 0 Å². The number of rotatable bonds is 2. The monoisotopic (exact) mass is 260 g/mol. The molecule has 0 aliphatic heterocycles. The molecular formula is C12H10GeS. The summed E-state index contributed by atoms with van der Waals surface area (Å²) in [6, 6.07) is 20.9. The molecule has 2 aromatic carbocycles.